The predicted molar refractivity (Wildman–Crippen MR) is 62.2 cm³/mol. The zero-order valence-corrected chi connectivity index (χ0v) is 10.2. The molecule has 14 heavy (non-hydrogen) atoms. The van der Waals surface area contributed by atoms with Crippen LogP contribution in [0.2, 0.25) is 0 Å². The van der Waals surface area contributed by atoms with E-state index < -0.39 is 0 Å². The minimum atomic E-state index is 0.712. The van der Waals surface area contributed by atoms with Crippen molar-refractivity contribution < 1.29 is 0 Å². The van der Waals surface area contributed by atoms with E-state index in [1.807, 2.05) is 0 Å². The molecule has 2 rings (SSSR count). The summed E-state index contributed by atoms with van der Waals surface area (Å²) in [5.74, 6) is 3.08. The lowest BCUT2D eigenvalue weighted by Gasteiger charge is -2.52. The van der Waals surface area contributed by atoms with Crippen LogP contribution in [0, 0.1) is 23.2 Å². The molecule has 0 radical (unpaired) electrons. The molecule has 0 saturated heterocycles. The van der Waals surface area contributed by atoms with Crippen LogP contribution in [0.1, 0.15) is 65.7 Å². The van der Waals surface area contributed by atoms with Gasteiger partial charge in [0.15, 0.2) is 0 Å². The first-order chi connectivity index (χ1) is 6.66. The summed E-state index contributed by atoms with van der Waals surface area (Å²) in [5, 5.41) is 0. The van der Waals surface area contributed by atoms with Crippen molar-refractivity contribution in [3.05, 3.63) is 0 Å². The van der Waals surface area contributed by atoms with E-state index in [2.05, 4.69) is 20.8 Å². The van der Waals surface area contributed by atoms with E-state index in [1.165, 1.54) is 44.9 Å². The quantitative estimate of drug-likeness (QED) is 0.570. The Morgan fingerprint density at radius 3 is 2.71 bits per heavy atom. The fourth-order valence-electron chi connectivity index (χ4n) is 4.07. The molecule has 0 N–H and O–H groups in total. The Hall–Kier alpha value is 0. The van der Waals surface area contributed by atoms with Crippen LogP contribution >= 0.6 is 0 Å². The third-order valence-corrected chi connectivity index (χ3v) is 5.46. The second kappa shape index (κ2) is 3.87. The molecule has 82 valence electrons. The maximum atomic E-state index is 2.58. The Bertz CT molecular complexity index is 196. The van der Waals surface area contributed by atoms with Gasteiger partial charge in [-0.3, -0.25) is 0 Å². The zero-order chi connectivity index (χ0) is 10.2. The zero-order valence-electron chi connectivity index (χ0n) is 10.2. The molecule has 0 spiro atoms. The van der Waals surface area contributed by atoms with Gasteiger partial charge in [-0.15, -0.1) is 0 Å². The van der Waals surface area contributed by atoms with E-state index >= 15 is 0 Å². The van der Waals surface area contributed by atoms with Crippen LogP contribution in [0.4, 0.5) is 0 Å². The lowest BCUT2D eigenvalue weighted by molar-refractivity contribution is -0.0155. The summed E-state index contributed by atoms with van der Waals surface area (Å²) in [7, 11) is 0. The lowest BCUT2D eigenvalue weighted by atomic mass is 9.54. The van der Waals surface area contributed by atoms with Gasteiger partial charge in [-0.25, -0.2) is 0 Å². The second-order valence-electron chi connectivity index (χ2n) is 6.10. The molecule has 2 saturated carbocycles. The van der Waals surface area contributed by atoms with E-state index in [1.54, 1.807) is 0 Å². The lowest BCUT2D eigenvalue weighted by Crippen LogP contribution is -2.42. The highest BCUT2D eigenvalue weighted by Crippen LogP contribution is 2.54. The van der Waals surface area contributed by atoms with Crippen molar-refractivity contribution in [2.45, 2.75) is 65.7 Å². The van der Waals surface area contributed by atoms with E-state index in [0.29, 0.717) is 5.41 Å². The summed E-state index contributed by atoms with van der Waals surface area (Å²) in [6, 6.07) is 0. The van der Waals surface area contributed by atoms with Crippen molar-refractivity contribution in [2.24, 2.45) is 23.2 Å². The van der Waals surface area contributed by atoms with E-state index in [9.17, 15) is 0 Å². The Kier molecular flexibility index (Phi) is 2.91. The van der Waals surface area contributed by atoms with Crippen LogP contribution in [-0.2, 0) is 0 Å². The van der Waals surface area contributed by atoms with Crippen LogP contribution in [0.15, 0.2) is 0 Å². The summed E-state index contributed by atoms with van der Waals surface area (Å²) in [6.45, 7) is 7.47. The SMILES string of the molecule is CCC1CC(C)C2(C)CCCCC2C1. The highest BCUT2D eigenvalue weighted by molar-refractivity contribution is 4.95. The van der Waals surface area contributed by atoms with Gasteiger partial charge in [-0.1, -0.05) is 40.0 Å². The van der Waals surface area contributed by atoms with Crippen molar-refractivity contribution in [1.29, 1.82) is 0 Å². The molecular formula is C14H26. The maximum absolute atomic E-state index is 2.58. The topological polar surface area (TPSA) is 0 Å². The van der Waals surface area contributed by atoms with Crippen molar-refractivity contribution in [3.8, 4) is 0 Å². The Balaban J connectivity index is 2.11. The van der Waals surface area contributed by atoms with Crippen molar-refractivity contribution >= 4 is 0 Å². The van der Waals surface area contributed by atoms with Crippen LogP contribution in [0.3, 0.4) is 0 Å². The van der Waals surface area contributed by atoms with Gasteiger partial charge >= 0.3 is 0 Å². The Morgan fingerprint density at radius 1 is 1.21 bits per heavy atom. The van der Waals surface area contributed by atoms with Gasteiger partial charge in [-0.2, -0.15) is 0 Å². The van der Waals surface area contributed by atoms with E-state index in [-0.39, 0.29) is 0 Å². The number of rotatable bonds is 1. The van der Waals surface area contributed by atoms with Gasteiger partial charge in [0.2, 0.25) is 0 Å². The molecule has 0 heterocycles. The molecule has 2 aliphatic carbocycles. The summed E-state index contributed by atoms with van der Waals surface area (Å²) in [5.41, 5.74) is 0.712. The molecule has 0 aromatic carbocycles. The monoisotopic (exact) mass is 194 g/mol. The first-order valence-corrected chi connectivity index (χ1v) is 6.66. The van der Waals surface area contributed by atoms with Crippen LogP contribution in [0.25, 0.3) is 0 Å². The van der Waals surface area contributed by atoms with Crippen LogP contribution in [-0.4, -0.2) is 0 Å². The molecule has 2 aliphatic rings. The van der Waals surface area contributed by atoms with Gasteiger partial charge in [0.25, 0.3) is 0 Å². The average molecular weight is 194 g/mol. The maximum Gasteiger partial charge on any atom is -0.0272 e. The third-order valence-electron chi connectivity index (χ3n) is 5.46. The highest BCUT2D eigenvalue weighted by atomic mass is 14.5. The minimum Gasteiger partial charge on any atom is -0.0651 e. The molecule has 0 heteroatoms. The van der Waals surface area contributed by atoms with Crippen molar-refractivity contribution in [1.82, 2.24) is 0 Å². The average Bonchev–Trinajstić information content (AvgIpc) is 2.19. The minimum absolute atomic E-state index is 0.712. The molecular weight excluding hydrogens is 168 g/mol. The smallest absolute Gasteiger partial charge is 0.0272 e. The van der Waals surface area contributed by atoms with Crippen molar-refractivity contribution in [2.75, 3.05) is 0 Å². The molecule has 0 nitrogen and oxygen atoms in total. The predicted octanol–water partition coefficient (Wildman–Crippen LogP) is 4.64. The number of hydrogen-bond acceptors (Lipinski definition) is 0. The Morgan fingerprint density at radius 2 is 2.00 bits per heavy atom. The van der Waals surface area contributed by atoms with E-state index in [0.717, 1.165) is 17.8 Å². The van der Waals surface area contributed by atoms with Crippen molar-refractivity contribution in [3.63, 3.8) is 0 Å². The standard InChI is InChI=1S/C14H26/c1-4-12-9-11(2)14(3)8-6-5-7-13(14)10-12/h11-13H,4-10H2,1-3H3. The summed E-state index contributed by atoms with van der Waals surface area (Å²) in [4.78, 5) is 0. The highest BCUT2D eigenvalue weighted by Gasteiger charge is 2.44. The molecule has 0 aliphatic heterocycles. The molecule has 0 aromatic heterocycles. The Labute approximate surface area is 89.5 Å². The molecule has 2 fully saturated rings. The second-order valence-corrected chi connectivity index (χ2v) is 6.10. The van der Waals surface area contributed by atoms with Gasteiger partial charge in [-0.05, 0) is 48.9 Å². The summed E-state index contributed by atoms with van der Waals surface area (Å²) < 4.78 is 0. The molecule has 0 aromatic rings. The number of fused-ring (bicyclic) bond motifs is 1. The normalized spacial score (nSPS) is 48.6. The first-order valence-electron chi connectivity index (χ1n) is 6.66. The third kappa shape index (κ3) is 1.61. The fourth-order valence-corrected chi connectivity index (χ4v) is 4.07. The van der Waals surface area contributed by atoms with Gasteiger partial charge < -0.3 is 0 Å². The van der Waals surface area contributed by atoms with Gasteiger partial charge in [0, 0.05) is 0 Å². The van der Waals surface area contributed by atoms with Crippen LogP contribution in [0.5, 0.6) is 0 Å². The molecule has 0 amide bonds. The molecule has 4 unspecified atom stereocenters. The van der Waals surface area contributed by atoms with E-state index in [4.69, 9.17) is 0 Å². The van der Waals surface area contributed by atoms with Crippen LogP contribution < -0.4 is 0 Å². The number of hydrogen-bond donors (Lipinski definition) is 0. The first kappa shape index (κ1) is 10.5. The molecule has 4 atom stereocenters. The van der Waals surface area contributed by atoms with Gasteiger partial charge in [0.05, 0.1) is 0 Å². The largest absolute Gasteiger partial charge is 0.0651 e. The summed E-state index contributed by atoms with van der Waals surface area (Å²) in [6.07, 6.45) is 10.5. The molecule has 0 bridgehead atoms. The van der Waals surface area contributed by atoms with Gasteiger partial charge in [0.1, 0.15) is 0 Å². The summed E-state index contributed by atoms with van der Waals surface area (Å²) >= 11 is 0. The fraction of sp³-hybridized carbons (Fsp3) is 1.00.